The Hall–Kier alpha value is -2.81. The van der Waals surface area contributed by atoms with Gasteiger partial charge >= 0.3 is 0 Å². The van der Waals surface area contributed by atoms with Crippen molar-refractivity contribution >= 4 is 38.3 Å². The maximum atomic E-state index is 11.8. The van der Waals surface area contributed by atoms with Crippen LogP contribution in [-0.2, 0) is 9.84 Å². The molecule has 0 radical (unpaired) electrons. The van der Waals surface area contributed by atoms with E-state index < -0.39 is 9.84 Å². The van der Waals surface area contributed by atoms with Crippen LogP contribution in [0.4, 0.5) is 17.5 Å². The van der Waals surface area contributed by atoms with Crippen molar-refractivity contribution in [2.45, 2.75) is 30.2 Å². The van der Waals surface area contributed by atoms with Gasteiger partial charge in [-0.2, -0.15) is 9.97 Å². The summed E-state index contributed by atoms with van der Waals surface area (Å²) in [6, 6.07) is 7.05. The Bertz CT molecular complexity index is 1090. The van der Waals surface area contributed by atoms with Gasteiger partial charge in [-0.1, -0.05) is 0 Å². The SMILES string of the molecule is COc1cc(S(C)(=O)=O)ccc1Nc1nc(NC2CCC2)c2cc[nH]c2n1. The van der Waals surface area contributed by atoms with Gasteiger partial charge in [-0.05, 0) is 37.5 Å². The van der Waals surface area contributed by atoms with Gasteiger partial charge in [0.15, 0.2) is 9.84 Å². The topological polar surface area (TPSA) is 109 Å². The van der Waals surface area contributed by atoms with Crippen LogP contribution >= 0.6 is 0 Å². The minimum absolute atomic E-state index is 0.193. The van der Waals surface area contributed by atoms with Crippen LogP contribution in [0.3, 0.4) is 0 Å². The van der Waals surface area contributed by atoms with Crippen molar-refractivity contribution in [1.29, 1.82) is 0 Å². The van der Waals surface area contributed by atoms with Crippen LogP contribution in [0.5, 0.6) is 5.75 Å². The van der Waals surface area contributed by atoms with Gasteiger partial charge in [0.1, 0.15) is 17.2 Å². The first-order valence-electron chi connectivity index (χ1n) is 8.71. The number of rotatable bonds is 6. The third-order valence-corrected chi connectivity index (χ3v) is 5.82. The molecule has 3 N–H and O–H groups in total. The van der Waals surface area contributed by atoms with Crippen molar-refractivity contribution in [2.75, 3.05) is 24.0 Å². The summed E-state index contributed by atoms with van der Waals surface area (Å²) in [4.78, 5) is 12.4. The van der Waals surface area contributed by atoms with Gasteiger partial charge in [0, 0.05) is 24.6 Å². The number of aromatic amines is 1. The van der Waals surface area contributed by atoms with E-state index in [2.05, 4.69) is 25.6 Å². The summed E-state index contributed by atoms with van der Waals surface area (Å²) in [6.45, 7) is 0. The molecule has 4 rings (SSSR count). The van der Waals surface area contributed by atoms with Crippen LogP contribution in [0.25, 0.3) is 11.0 Å². The number of nitrogens with zero attached hydrogens (tertiary/aromatic N) is 2. The molecule has 0 saturated heterocycles. The Balaban J connectivity index is 1.68. The molecule has 0 amide bonds. The van der Waals surface area contributed by atoms with Crippen molar-refractivity contribution in [3.8, 4) is 5.75 Å². The average Bonchev–Trinajstić information content (AvgIpc) is 3.06. The second kappa shape index (κ2) is 6.73. The molecule has 0 aliphatic heterocycles. The van der Waals surface area contributed by atoms with Crippen molar-refractivity contribution < 1.29 is 13.2 Å². The predicted molar refractivity (Wildman–Crippen MR) is 105 cm³/mol. The molecule has 9 heteroatoms. The largest absolute Gasteiger partial charge is 0.495 e. The predicted octanol–water partition coefficient (Wildman–Crippen LogP) is 3.08. The van der Waals surface area contributed by atoms with Crippen LogP contribution < -0.4 is 15.4 Å². The van der Waals surface area contributed by atoms with Crippen molar-refractivity contribution in [2.24, 2.45) is 0 Å². The normalized spacial score (nSPS) is 14.7. The third-order valence-electron chi connectivity index (χ3n) is 4.71. The zero-order valence-electron chi connectivity index (χ0n) is 15.1. The number of sulfone groups is 1. The summed E-state index contributed by atoms with van der Waals surface area (Å²) < 4.78 is 28.9. The number of hydrogen-bond acceptors (Lipinski definition) is 7. The van der Waals surface area contributed by atoms with Crippen LogP contribution in [0.15, 0.2) is 35.4 Å². The second-order valence-electron chi connectivity index (χ2n) is 6.67. The van der Waals surface area contributed by atoms with Gasteiger partial charge in [-0.25, -0.2) is 8.42 Å². The van der Waals surface area contributed by atoms with Gasteiger partial charge in [-0.15, -0.1) is 0 Å². The molecular formula is C18H21N5O3S. The number of nitrogens with one attached hydrogen (secondary N) is 3. The molecule has 2 heterocycles. The molecule has 1 aliphatic carbocycles. The Morgan fingerprint density at radius 3 is 2.70 bits per heavy atom. The van der Waals surface area contributed by atoms with E-state index in [1.807, 2.05) is 12.3 Å². The standard InChI is InChI=1S/C18H21N5O3S/c1-26-15-10-12(27(2,24)25)6-7-14(15)21-18-22-16-13(8-9-19-16)17(23-18)20-11-4-3-5-11/h6-11H,3-5H2,1-2H3,(H3,19,20,21,22,23). The number of aromatic nitrogens is 3. The lowest BCUT2D eigenvalue weighted by atomic mass is 9.93. The highest BCUT2D eigenvalue weighted by molar-refractivity contribution is 7.90. The second-order valence-corrected chi connectivity index (χ2v) is 8.68. The highest BCUT2D eigenvalue weighted by atomic mass is 32.2. The Kier molecular flexibility index (Phi) is 4.39. The van der Waals surface area contributed by atoms with Gasteiger partial charge in [-0.3, -0.25) is 0 Å². The summed E-state index contributed by atoms with van der Waals surface area (Å²) in [7, 11) is -1.83. The number of benzene rings is 1. The maximum Gasteiger partial charge on any atom is 0.231 e. The van der Waals surface area contributed by atoms with E-state index in [1.54, 1.807) is 6.07 Å². The summed E-state index contributed by atoms with van der Waals surface area (Å²) in [5.74, 6) is 1.58. The van der Waals surface area contributed by atoms with E-state index in [1.165, 1.54) is 25.7 Å². The quantitative estimate of drug-likeness (QED) is 0.596. The zero-order chi connectivity index (χ0) is 19.0. The molecule has 8 nitrogen and oxygen atoms in total. The van der Waals surface area contributed by atoms with E-state index >= 15 is 0 Å². The smallest absolute Gasteiger partial charge is 0.231 e. The van der Waals surface area contributed by atoms with Gasteiger partial charge in [0.05, 0.1) is 23.1 Å². The Morgan fingerprint density at radius 1 is 1.22 bits per heavy atom. The van der Waals surface area contributed by atoms with Crippen LogP contribution in [0.2, 0.25) is 0 Å². The monoisotopic (exact) mass is 387 g/mol. The van der Waals surface area contributed by atoms with Crippen molar-refractivity contribution in [3.63, 3.8) is 0 Å². The lowest BCUT2D eigenvalue weighted by Gasteiger charge is -2.27. The van der Waals surface area contributed by atoms with Crippen molar-refractivity contribution in [1.82, 2.24) is 15.0 Å². The molecule has 27 heavy (non-hydrogen) atoms. The van der Waals surface area contributed by atoms with E-state index in [0.717, 1.165) is 35.9 Å². The highest BCUT2D eigenvalue weighted by Crippen LogP contribution is 2.32. The molecule has 0 spiro atoms. The van der Waals surface area contributed by atoms with E-state index in [0.29, 0.717) is 23.4 Å². The van der Waals surface area contributed by atoms with E-state index in [4.69, 9.17) is 4.74 Å². The zero-order valence-corrected chi connectivity index (χ0v) is 15.9. The molecule has 0 atom stereocenters. The lowest BCUT2D eigenvalue weighted by molar-refractivity contribution is 0.415. The summed E-state index contributed by atoms with van der Waals surface area (Å²) in [6.07, 6.45) is 6.50. The minimum atomic E-state index is -3.32. The highest BCUT2D eigenvalue weighted by Gasteiger charge is 2.20. The molecule has 2 aromatic heterocycles. The van der Waals surface area contributed by atoms with E-state index in [9.17, 15) is 8.42 Å². The number of anilines is 3. The van der Waals surface area contributed by atoms with Gasteiger partial charge in [0.2, 0.25) is 5.95 Å². The van der Waals surface area contributed by atoms with Crippen LogP contribution in [0, 0.1) is 0 Å². The Labute approximate surface area is 157 Å². The number of methoxy groups -OCH3 is 1. The van der Waals surface area contributed by atoms with Crippen LogP contribution in [-0.4, -0.2) is 42.8 Å². The molecule has 0 bridgehead atoms. The fourth-order valence-corrected chi connectivity index (χ4v) is 3.62. The number of hydrogen-bond donors (Lipinski definition) is 3. The Morgan fingerprint density at radius 2 is 2.04 bits per heavy atom. The fraction of sp³-hybridized carbons (Fsp3) is 0.333. The van der Waals surface area contributed by atoms with E-state index in [-0.39, 0.29) is 4.90 Å². The number of fused-ring (bicyclic) bond motifs is 1. The van der Waals surface area contributed by atoms with Crippen molar-refractivity contribution in [3.05, 3.63) is 30.5 Å². The van der Waals surface area contributed by atoms with Gasteiger partial charge in [0.25, 0.3) is 0 Å². The number of H-pyrrole nitrogens is 1. The first-order valence-corrected chi connectivity index (χ1v) is 10.6. The molecule has 1 fully saturated rings. The lowest BCUT2D eigenvalue weighted by Crippen LogP contribution is -2.27. The fourth-order valence-electron chi connectivity index (χ4n) is 2.98. The average molecular weight is 387 g/mol. The molecule has 1 aromatic carbocycles. The number of ether oxygens (including phenoxy) is 1. The third kappa shape index (κ3) is 3.55. The summed E-state index contributed by atoms with van der Waals surface area (Å²) >= 11 is 0. The minimum Gasteiger partial charge on any atom is -0.495 e. The molecule has 0 unspecified atom stereocenters. The maximum absolute atomic E-state index is 11.8. The summed E-state index contributed by atoms with van der Waals surface area (Å²) in [5, 5.41) is 7.54. The van der Waals surface area contributed by atoms with Gasteiger partial charge < -0.3 is 20.4 Å². The first-order chi connectivity index (χ1) is 12.9. The molecule has 3 aromatic rings. The first kappa shape index (κ1) is 17.6. The molecule has 1 aliphatic rings. The molecular weight excluding hydrogens is 366 g/mol. The summed E-state index contributed by atoms with van der Waals surface area (Å²) in [5.41, 5.74) is 1.31. The molecule has 142 valence electrons. The molecule has 1 saturated carbocycles. The van der Waals surface area contributed by atoms with Crippen LogP contribution in [0.1, 0.15) is 19.3 Å².